The number of rotatable bonds is 3. The molecule has 0 unspecified atom stereocenters. The average molecular weight is 204 g/mol. The predicted molar refractivity (Wildman–Crippen MR) is 61.9 cm³/mol. The number of imidazole rings is 1. The Kier molecular flexibility index (Phi) is 2.60. The zero-order valence-electron chi connectivity index (χ0n) is 9.14. The van der Waals surface area contributed by atoms with Crippen molar-refractivity contribution in [2.24, 2.45) is 0 Å². The summed E-state index contributed by atoms with van der Waals surface area (Å²) in [4.78, 5) is 6.53. The van der Waals surface area contributed by atoms with E-state index in [1.807, 2.05) is 24.5 Å². The smallest absolute Gasteiger partial charge is 0.114 e. The fourth-order valence-corrected chi connectivity index (χ4v) is 1.61. The number of nitrogens with zero attached hydrogens (tertiary/aromatic N) is 3. The molecule has 0 amide bonds. The molecule has 0 fully saturated rings. The van der Waals surface area contributed by atoms with Crippen LogP contribution in [0.25, 0.3) is 5.52 Å². The molecule has 2 rings (SSSR count). The second kappa shape index (κ2) is 3.90. The molecule has 0 saturated heterocycles. The number of pyridine rings is 1. The Bertz CT molecular complexity index is 459. The van der Waals surface area contributed by atoms with E-state index in [2.05, 4.69) is 28.4 Å². The lowest BCUT2D eigenvalue weighted by molar-refractivity contribution is 0.409. The molecule has 0 bridgehead atoms. The van der Waals surface area contributed by atoms with Crippen molar-refractivity contribution in [3.05, 3.63) is 30.4 Å². The summed E-state index contributed by atoms with van der Waals surface area (Å²) in [6, 6.07) is 3.84. The molecule has 4 heteroatoms. The van der Waals surface area contributed by atoms with Gasteiger partial charge in [0.25, 0.3) is 0 Å². The number of fused-ring (bicyclic) bond motifs is 1. The van der Waals surface area contributed by atoms with Crippen LogP contribution in [0.15, 0.2) is 24.5 Å². The number of hydrogen-bond donors (Lipinski definition) is 1. The van der Waals surface area contributed by atoms with Crippen LogP contribution in [0.4, 0.5) is 5.69 Å². The van der Waals surface area contributed by atoms with Crippen LogP contribution in [0.3, 0.4) is 0 Å². The lowest BCUT2D eigenvalue weighted by atomic mass is 10.3. The number of aromatic nitrogens is 2. The first-order valence-electron chi connectivity index (χ1n) is 5.03. The first-order valence-corrected chi connectivity index (χ1v) is 5.03. The fraction of sp³-hybridized carbons (Fsp3) is 0.364. The molecule has 2 aromatic heterocycles. The van der Waals surface area contributed by atoms with E-state index in [1.165, 1.54) is 0 Å². The Labute approximate surface area is 89.3 Å². The molecule has 0 radical (unpaired) electrons. The minimum Gasteiger partial charge on any atom is -0.397 e. The normalized spacial score (nSPS) is 11.4. The zero-order chi connectivity index (χ0) is 10.8. The van der Waals surface area contributed by atoms with Gasteiger partial charge in [0.05, 0.1) is 17.4 Å². The first-order chi connectivity index (χ1) is 7.18. The third-order valence-electron chi connectivity index (χ3n) is 2.46. The van der Waals surface area contributed by atoms with Crippen LogP contribution in [0, 0.1) is 0 Å². The Morgan fingerprint density at radius 2 is 2.27 bits per heavy atom. The molecule has 0 aliphatic rings. The van der Waals surface area contributed by atoms with E-state index in [0.717, 1.165) is 30.0 Å². The van der Waals surface area contributed by atoms with Gasteiger partial charge in [0.2, 0.25) is 0 Å². The lowest BCUT2D eigenvalue weighted by Crippen LogP contribution is -2.16. The molecule has 15 heavy (non-hydrogen) atoms. The number of nitrogens with two attached hydrogens (primary N) is 1. The predicted octanol–water partition coefficient (Wildman–Crippen LogP) is 1.02. The van der Waals surface area contributed by atoms with E-state index in [0.29, 0.717) is 0 Å². The van der Waals surface area contributed by atoms with Gasteiger partial charge >= 0.3 is 0 Å². The maximum absolute atomic E-state index is 5.85. The number of hydrogen-bond acceptors (Lipinski definition) is 3. The Hall–Kier alpha value is -1.55. The van der Waals surface area contributed by atoms with Gasteiger partial charge in [-0.2, -0.15) is 0 Å². The molecule has 0 spiro atoms. The second-order valence-electron chi connectivity index (χ2n) is 3.95. The van der Waals surface area contributed by atoms with Crippen molar-refractivity contribution in [2.45, 2.75) is 6.42 Å². The molecule has 2 heterocycles. The number of nitrogen functional groups attached to an aromatic ring is 1. The maximum Gasteiger partial charge on any atom is 0.114 e. The van der Waals surface area contributed by atoms with Gasteiger partial charge in [-0.25, -0.2) is 4.98 Å². The van der Waals surface area contributed by atoms with Crippen molar-refractivity contribution < 1.29 is 0 Å². The Morgan fingerprint density at radius 3 is 3.00 bits per heavy atom. The SMILES string of the molecule is CN(C)CCc1ncc2c(N)cccn12. The number of anilines is 1. The van der Waals surface area contributed by atoms with Gasteiger partial charge in [0, 0.05) is 19.2 Å². The van der Waals surface area contributed by atoms with E-state index in [9.17, 15) is 0 Å². The highest BCUT2D eigenvalue weighted by molar-refractivity contribution is 5.68. The topological polar surface area (TPSA) is 46.6 Å². The summed E-state index contributed by atoms with van der Waals surface area (Å²) >= 11 is 0. The Morgan fingerprint density at radius 1 is 1.47 bits per heavy atom. The summed E-state index contributed by atoms with van der Waals surface area (Å²) in [6.07, 6.45) is 4.77. The van der Waals surface area contributed by atoms with Gasteiger partial charge in [-0.05, 0) is 26.2 Å². The molecule has 2 N–H and O–H groups in total. The minimum absolute atomic E-state index is 0.779. The highest BCUT2D eigenvalue weighted by Crippen LogP contribution is 2.14. The summed E-state index contributed by atoms with van der Waals surface area (Å²) in [6.45, 7) is 0.994. The van der Waals surface area contributed by atoms with Gasteiger partial charge in [0.1, 0.15) is 5.82 Å². The van der Waals surface area contributed by atoms with Gasteiger partial charge in [-0.15, -0.1) is 0 Å². The van der Waals surface area contributed by atoms with Crippen molar-refractivity contribution in [2.75, 3.05) is 26.4 Å². The highest BCUT2D eigenvalue weighted by atomic mass is 15.1. The van der Waals surface area contributed by atoms with E-state index in [4.69, 9.17) is 5.73 Å². The van der Waals surface area contributed by atoms with E-state index in [1.54, 1.807) is 0 Å². The monoisotopic (exact) mass is 204 g/mol. The van der Waals surface area contributed by atoms with Crippen LogP contribution in [-0.2, 0) is 6.42 Å². The van der Waals surface area contributed by atoms with Crippen LogP contribution in [0.5, 0.6) is 0 Å². The molecule has 80 valence electrons. The van der Waals surface area contributed by atoms with Gasteiger partial charge in [-0.3, -0.25) is 0 Å². The summed E-state index contributed by atoms with van der Waals surface area (Å²) < 4.78 is 2.05. The standard InChI is InChI=1S/C11H16N4/c1-14(2)7-5-11-13-8-10-9(12)4-3-6-15(10)11/h3-4,6,8H,5,7,12H2,1-2H3. The van der Waals surface area contributed by atoms with Crippen molar-refractivity contribution in [1.29, 1.82) is 0 Å². The largest absolute Gasteiger partial charge is 0.397 e. The van der Waals surface area contributed by atoms with Crippen molar-refractivity contribution in [1.82, 2.24) is 14.3 Å². The minimum atomic E-state index is 0.779. The Balaban J connectivity index is 2.33. The highest BCUT2D eigenvalue weighted by Gasteiger charge is 2.05. The molecule has 4 nitrogen and oxygen atoms in total. The quantitative estimate of drug-likeness (QED) is 0.812. The zero-order valence-corrected chi connectivity index (χ0v) is 9.14. The average Bonchev–Trinajstić information content (AvgIpc) is 2.59. The summed E-state index contributed by atoms with van der Waals surface area (Å²) in [5, 5.41) is 0. The van der Waals surface area contributed by atoms with Crippen molar-refractivity contribution >= 4 is 11.2 Å². The van der Waals surface area contributed by atoms with Crippen LogP contribution in [0.2, 0.25) is 0 Å². The van der Waals surface area contributed by atoms with Crippen LogP contribution in [0.1, 0.15) is 5.82 Å². The molecule has 0 aromatic carbocycles. The van der Waals surface area contributed by atoms with Gasteiger partial charge < -0.3 is 15.0 Å². The first kappa shape index (κ1) is 9.98. The molecular weight excluding hydrogens is 188 g/mol. The molecule has 0 atom stereocenters. The van der Waals surface area contributed by atoms with Gasteiger partial charge in [0.15, 0.2) is 0 Å². The van der Waals surface area contributed by atoms with Crippen LogP contribution >= 0.6 is 0 Å². The summed E-state index contributed by atoms with van der Waals surface area (Å²) in [7, 11) is 4.12. The van der Waals surface area contributed by atoms with Crippen LogP contribution in [-0.4, -0.2) is 34.9 Å². The van der Waals surface area contributed by atoms with E-state index < -0.39 is 0 Å². The second-order valence-corrected chi connectivity index (χ2v) is 3.95. The lowest BCUT2D eigenvalue weighted by Gasteiger charge is -2.08. The molecule has 2 aromatic rings. The molecule has 0 saturated carbocycles. The third-order valence-corrected chi connectivity index (χ3v) is 2.46. The van der Waals surface area contributed by atoms with Crippen molar-refractivity contribution in [3.63, 3.8) is 0 Å². The van der Waals surface area contributed by atoms with Gasteiger partial charge in [-0.1, -0.05) is 0 Å². The third kappa shape index (κ3) is 1.94. The van der Waals surface area contributed by atoms with Crippen LogP contribution < -0.4 is 5.73 Å². The maximum atomic E-state index is 5.85. The molecule has 0 aliphatic heterocycles. The van der Waals surface area contributed by atoms with E-state index >= 15 is 0 Å². The molecule has 0 aliphatic carbocycles. The van der Waals surface area contributed by atoms with E-state index in [-0.39, 0.29) is 0 Å². The summed E-state index contributed by atoms with van der Waals surface area (Å²) in [5.74, 6) is 1.06. The van der Waals surface area contributed by atoms with Crippen molar-refractivity contribution in [3.8, 4) is 0 Å². The fourth-order valence-electron chi connectivity index (χ4n) is 1.61. The molecular formula is C11H16N4. The summed E-state index contributed by atoms with van der Waals surface area (Å²) in [5.41, 5.74) is 7.62. The number of likely N-dealkylation sites (N-methyl/N-ethyl adjacent to an activating group) is 1.